The van der Waals surface area contributed by atoms with Gasteiger partial charge in [-0.1, -0.05) is 26.0 Å². The quantitative estimate of drug-likeness (QED) is 0.706. The normalized spacial score (nSPS) is 29.9. The third-order valence-corrected chi connectivity index (χ3v) is 3.57. The first-order valence-electron chi connectivity index (χ1n) is 5.88. The predicted octanol–water partition coefficient (Wildman–Crippen LogP) is 2.50. The van der Waals surface area contributed by atoms with E-state index in [2.05, 4.69) is 20.4 Å². The monoisotopic (exact) mass is 212 g/mol. The fourth-order valence-corrected chi connectivity index (χ4v) is 2.91. The van der Waals surface area contributed by atoms with Crippen LogP contribution in [0.1, 0.15) is 46.5 Å². The maximum atomic E-state index is 10.1. The summed E-state index contributed by atoms with van der Waals surface area (Å²) in [5, 5.41) is 19.4. The molecule has 1 aliphatic rings. The summed E-state index contributed by atoms with van der Waals surface area (Å²) in [7, 11) is 0. The highest BCUT2D eigenvalue weighted by Crippen LogP contribution is 2.45. The smallest absolute Gasteiger partial charge is 0.0635 e. The summed E-state index contributed by atoms with van der Waals surface area (Å²) in [5.41, 5.74) is 1.27. The average molecular weight is 212 g/mol. The van der Waals surface area contributed by atoms with Crippen LogP contribution in [0.3, 0.4) is 0 Å². The zero-order chi connectivity index (χ0) is 11.6. The molecular weight excluding hydrogens is 188 g/mol. The molecule has 0 saturated heterocycles. The highest BCUT2D eigenvalue weighted by Gasteiger charge is 2.39. The van der Waals surface area contributed by atoms with Gasteiger partial charge in [0.2, 0.25) is 0 Å². The van der Waals surface area contributed by atoms with E-state index in [0.717, 1.165) is 18.4 Å². The van der Waals surface area contributed by atoms with Gasteiger partial charge in [-0.05, 0) is 38.0 Å². The molecule has 1 aliphatic carbocycles. The third-order valence-electron chi connectivity index (χ3n) is 3.57. The van der Waals surface area contributed by atoms with Crippen LogP contribution in [0.5, 0.6) is 0 Å². The molecule has 0 spiro atoms. The lowest BCUT2D eigenvalue weighted by Gasteiger charge is -2.43. The zero-order valence-corrected chi connectivity index (χ0v) is 10.2. The molecule has 2 N–H and O–H groups in total. The van der Waals surface area contributed by atoms with Gasteiger partial charge in [-0.3, -0.25) is 0 Å². The number of rotatable bonds is 3. The van der Waals surface area contributed by atoms with E-state index in [-0.39, 0.29) is 11.3 Å². The number of hydrogen-bond acceptors (Lipinski definition) is 2. The Morgan fingerprint density at radius 1 is 1.47 bits per heavy atom. The predicted molar refractivity (Wildman–Crippen MR) is 62.6 cm³/mol. The summed E-state index contributed by atoms with van der Waals surface area (Å²) >= 11 is 0. The molecular formula is C13H24O2. The molecule has 1 rings (SSSR count). The summed E-state index contributed by atoms with van der Waals surface area (Å²) in [6.07, 6.45) is 2.88. The van der Waals surface area contributed by atoms with Gasteiger partial charge in [-0.25, -0.2) is 0 Å². The van der Waals surface area contributed by atoms with E-state index in [1.807, 2.05) is 0 Å². The second-order valence-electron chi connectivity index (χ2n) is 5.63. The van der Waals surface area contributed by atoms with Gasteiger partial charge in [0.05, 0.1) is 12.2 Å². The first kappa shape index (κ1) is 12.7. The van der Waals surface area contributed by atoms with Crippen LogP contribution in [0.25, 0.3) is 0 Å². The number of aliphatic hydroxyl groups excluding tert-OH is 2. The molecule has 3 atom stereocenters. The summed E-state index contributed by atoms with van der Waals surface area (Å²) in [4.78, 5) is 0. The molecule has 0 radical (unpaired) electrons. The lowest BCUT2D eigenvalue weighted by molar-refractivity contribution is 0.00599. The molecule has 1 fully saturated rings. The molecule has 2 nitrogen and oxygen atoms in total. The van der Waals surface area contributed by atoms with Crippen molar-refractivity contribution < 1.29 is 10.2 Å². The number of hydrogen-bond donors (Lipinski definition) is 2. The molecule has 0 aromatic rings. The van der Waals surface area contributed by atoms with Crippen LogP contribution in [-0.4, -0.2) is 22.4 Å². The van der Waals surface area contributed by atoms with Crippen LogP contribution < -0.4 is 0 Å². The Kier molecular flexibility index (Phi) is 3.96. The van der Waals surface area contributed by atoms with Crippen molar-refractivity contribution in [3.05, 3.63) is 12.2 Å². The third kappa shape index (κ3) is 3.05. The van der Waals surface area contributed by atoms with E-state index in [9.17, 15) is 10.2 Å². The standard InChI is InChI=1S/C13H24O2/c1-9-6-5-7-13(3,4)12(9)11(15)8-10(2)14/h10-12,14-15H,1,5-8H2,2-4H3/t10-,11+,12-/m1/s1. The Morgan fingerprint density at radius 3 is 2.53 bits per heavy atom. The largest absolute Gasteiger partial charge is 0.393 e. The Balaban J connectivity index is 2.74. The summed E-state index contributed by atoms with van der Waals surface area (Å²) in [6, 6.07) is 0. The first-order valence-corrected chi connectivity index (χ1v) is 5.88. The van der Waals surface area contributed by atoms with Gasteiger partial charge in [-0.2, -0.15) is 0 Å². The molecule has 0 aromatic carbocycles. The van der Waals surface area contributed by atoms with E-state index in [1.54, 1.807) is 6.92 Å². The second-order valence-corrected chi connectivity index (χ2v) is 5.63. The van der Waals surface area contributed by atoms with Crippen LogP contribution in [0.15, 0.2) is 12.2 Å². The van der Waals surface area contributed by atoms with Gasteiger partial charge in [-0.15, -0.1) is 0 Å². The van der Waals surface area contributed by atoms with E-state index in [4.69, 9.17) is 0 Å². The summed E-state index contributed by atoms with van der Waals surface area (Å²) < 4.78 is 0. The van der Waals surface area contributed by atoms with Gasteiger partial charge in [0.1, 0.15) is 0 Å². The second kappa shape index (κ2) is 4.67. The van der Waals surface area contributed by atoms with Gasteiger partial charge >= 0.3 is 0 Å². The summed E-state index contributed by atoms with van der Waals surface area (Å²) in [5.74, 6) is 0.140. The van der Waals surface area contributed by atoms with E-state index in [0.29, 0.717) is 6.42 Å². The van der Waals surface area contributed by atoms with Crippen molar-refractivity contribution in [3.8, 4) is 0 Å². The highest BCUT2D eigenvalue weighted by atomic mass is 16.3. The lowest BCUT2D eigenvalue weighted by Crippen LogP contribution is -2.39. The van der Waals surface area contributed by atoms with Gasteiger partial charge in [0.15, 0.2) is 0 Å². The van der Waals surface area contributed by atoms with Crippen molar-refractivity contribution in [2.24, 2.45) is 11.3 Å². The van der Waals surface area contributed by atoms with E-state index < -0.39 is 12.2 Å². The van der Waals surface area contributed by atoms with Crippen LogP contribution in [0.4, 0.5) is 0 Å². The van der Waals surface area contributed by atoms with E-state index >= 15 is 0 Å². The van der Waals surface area contributed by atoms with E-state index in [1.165, 1.54) is 6.42 Å². The molecule has 0 unspecified atom stereocenters. The first-order chi connectivity index (χ1) is 6.84. The van der Waals surface area contributed by atoms with Crippen molar-refractivity contribution in [2.75, 3.05) is 0 Å². The van der Waals surface area contributed by atoms with Gasteiger partial charge in [0, 0.05) is 5.92 Å². The van der Waals surface area contributed by atoms with Crippen LogP contribution in [0, 0.1) is 11.3 Å². The Morgan fingerprint density at radius 2 is 2.07 bits per heavy atom. The molecule has 15 heavy (non-hydrogen) atoms. The fraction of sp³-hybridized carbons (Fsp3) is 0.846. The SMILES string of the molecule is C=C1CCCC(C)(C)[C@H]1[C@@H](O)C[C@@H](C)O. The van der Waals surface area contributed by atoms with Crippen LogP contribution in [0.2, 0.25) is 0 Å². The number of aliphatic hydroxyl groups is 2. The van der Waals surface area contributed by atoms with Crippen molar-refractivity contribution in [1.29, 1.82) is 0 Å². The molecule has 88 valence electrons. The molecule has 0 bridgehead atoms. The minimum Gasteiger partial charge on any atom is -0.393 e. The van der Waals surface area contributed by atoms with Crippen LogP contribution in [-0.2, 0) is 0 Å². The van der Waals surface area contributed by atoms with Gasteiger partial charge < -0.3 is 10.2 Å². The topological polar surface area (TPSA) is 40.5 Å². The lowest BCUT2D eigenvalue weighted by atomic mass is 9.64. The molecule has 0 heterocycles. The minimum atomic E-state index is -0.451. The molecule has 1 saturated carbocycles. The molecule has 0 amide bonds. The van der Waals surface area contributed by atoms with Crippen molar-refractivity contribution in [2.45, 2.75) is 58.7 Å². The Hall–Kier alpha value is -0.340. The van der Waals surface area contributed by atoms with Crippen molar-refractivity contribution in [3.63, 3.8) is 0 Å². The van der Waals surface area contributed by atoms with Crippen LogP contribution >= 0.6 is 0 Å². The Bertz CT molecular complexity index is 231. The average Bonchev–Trinajstić information content (AvgIpc) is 1.99. The summed E-state index contributed by atoms with van der Waals surface area (Å²) in [6.45, 7) is 10.2. The van der Waals surface area contributed by atoms with Crippen molar-refractivity contribution >= 4 is 0 Å². The minimum absolute atomic E-state index is 0.115. The molecule has 0 aliphatic heterocycles. The Labute approximate surface area is 93.0 Å². The van der Waals surface area contributed by atoms with Gasteiger partial charge in [0.25, 0.3) is 0 Å². The molecule has 0 aromatic heterocycles. The fourth-order valence-electron chi connectivity index (χ4n) is 2.91. The molecule has 2 heteroatoms. The maximum absolute atomic E-state index is 10.1. The zero-order valence-electron chi connectivity index (χ0n) is 10.2. The highest BCUT2D eigenvalue weighted by molar-refractivity contribution is 5.11. The van der Waals surface area contributed by atoms with Crippen molar-refractivity contribution in [1.82, 2.24) is 0 Å². The maximum Gasteiger partial charge on any atom is 0.0635 e.